The number of hydrogen-bond acceptors (Lipinski definition) is 6. The zero-order valence-corrected chi connectivity index (χ0v) is 16.8. The number of carbonyl (C=O) groups excluding carboxylic acids is 1. The molecule has 1 amide bonds. The number of hydrazone groups is 1. The molecule has 7 heteroatoms. The van der Waals surface area contributed by atoms with Crippen LogP contribution in [0, 0.1) is 11.8 Å². The fourth-order valence-corrected chi connectivity index (χ4v) is 4.39. The van der Waals surface area contributed by atoms with Gasteiger partial charge in [0.15, 0.2) is 0 Å². The summed E-state index contributed by atoms with van der Waals surface area (Å²) in [5.74, 6) is 0.624. The average molecular weight is 406 g/mol. The van der Waals surface area contributed by atoms with Crippen molar-refractivity contribution in [3.63, 3.8) is 0 Å². The van der Waals surface area contributed by atoms with Crippen LogP contribution in [0.5, 0.6) is 5.75 Å². The molecule has 0 aromatic heterocycles. The van der Waals surface area contributed by atoms with Gasteiger partial charge in [-0.15, -0.1) is 0 Å². The normalized spacial score (nSPS) is 25.5. The molecule has 0 radical (unpaired) electrons. The number of amides is 1. The number of rotatable bonds is 6. The van der Waals surface area contributed by atoms with E-state index in [4.69, 9.17) is 21.3 Å². The van der Waals surface area contributed by atoms with E-state index >= 15 is 0 Å². The number of nitrogens with zero attached hydrogens (tertiary/aromatic N) is 2. The van der Waals surface area contributed by atoms with Crippen molar-refractivity contribution in [3.8, 4) is 5.75 Å². The van der Waals surface area contributed by atoms with Gasteiger partial charge in [-0.3, -0.25) is 15.1 Å². The summed E-state index contributed by atoms with van der Waals surface area (Å²) in [6.07, 6.45) is 3.08. The van der Waals surface area contributed by atoms with Gasteiger partial charge >= 0.3 is 0 Å². The first-order chi connectivity index (χ1) is 14.6. The minimum absolute atomic E-state index is 0.00190. The Morgan fingerprint density at radius 1 is 1.13 bits per heavy atom. The van der Waals surface area contributed by atoms with Gasteiger partial charge in [0.25, 0.3) is 0 Å². The number of carbonyl (C=O) groups is 1. The SMILES string of the molecule is NC(=O)C1C(c2ccc(OCC3CC3)cc2)=NN2C(c3ccccc3N)CCNC12. The quantitative estimate of drug-likeness (QED) is 0.639. The van der Waals surface area contributed by atoms with Gasteiger partial charge in [-0.1, -0.05) is 18.2 Å². The first-order valence-corrected chi connectivity index (χ1v) is 10.6. The lowest BCUT2D eigenvalue weighted by Gasteiger charge is -2.39. The number of fused-ring (bicyclic) bond motifs is 1. The molecular weight excluding hydrogens is 378 g/mol. The summed E-state index contributed by atoms with van der Waals surface area (Å²) < 4.78 is 5.84. The zero-order valence-electron chi connectivity index (χ0n) is 16.8. The van der Waals surface area contributed by atoms with Crippen LogP contribution in [0.15, 0.2) is 53.6 Å². The summed E-state index contributed by atoms with van der Waals surface area (Å²) >= 11 is 0. The van der Waals surface area contributed by atoms with Crippen LogP contribution in [0.3, 0.4) is 0 Å². The van der Waals surface area contributed by atoms with Crippen LogP contribution in [0.25, 0.3) is 0 Å². The van der Waals surface area contributed by atoms with Crippen LogP contribution in [-0.2, 0) is 4.79 Å². The van der Waals surface area contributed by atoms with Crippen LogP contribution in [0.1, 0.15) is 36.4 Å². The monoisotopic (exact) mass is 405 g/mol. The maximum atomic E-state index is 12.4. The van der Waals surface area contributed by atoms with Crippen molar-refractivity contribution < 1.29 is 9.53 Å². The van der Waals surface area contributed by atoms with Crippen LogP contribution >= 0.6 is 0 Å². The van der Waals surface area contributed by atoms with Crippen LogP contribution < -0.4 is 21.5 Å². The molecule has 2 aromatic carbocycles. The number of benzene rings is 2. The van der Waals surface area contributed by atoms with Crippen molar-refractivity contribution in [2.24, 2.45) is 22.7 Å². The maximum Gasteiger partial charge on any atom is 0.230 e. The minimum atomic E-state index is -0.532. The Morgan fingerprint density at radius 2 is 1.90 bits per heavy atom. The second-order valence-electron chi connectivity index (χ2n) is 8.36. The highest BCUT2D eigenvalue weighted by molar-refractivity contribution is 6.14. The van der Waals surface area contributed by atoms with E-state index < -0.39 is 5.92 Å². The first-order valence-electron chi connectivity index (χ1n) is 10.6. The standard InChI is InChI=1S/C23H27N5O2/c24-18-4-2-1-3-17(18)19-11-12-26-23-20(22(25)29)21(27-28(19)23)15-7-9-16(10-8-15)30-13-14-5-6-14/h1-4,7-10,14,19-20,23,26H,5-6,11-13,24H2,(H2,25,29). The number of para-hydroxylation sites is 1. The van der Waals surface area contributed by atoms with Gasteiger partial charge in [0, 0.05) is 5.69 Å². The van der Waals surface area contributed by atoms with Gasteiger partial charge in [-0.25, -0.2) is 0 Å². The molecule has 7 nitrogen and oxygen atoms in total. The maximum absolute atomic E-state index is 12.4. The Labute approximate surface area is 176 Å². The molecule has 3 aliphatic rings. The van der Waals surface area contributed by atoms with Crippen molar-refractivity contribution in [1.82, 2.24) is 10.3 Å². The molecule has 2 aliphatic heterocycles. The number of nitrogen functional groups attached to an aromatic ring is 1. The van der Waals surface area contributed by atoms with E-state index in [0.29, 0.717) is 11.6 Å². The van der Waals surface area contributed by atoms with E-state index in [-0.39, 0.29) is 18.1 Å². The smallest absolute Gasteiger partial charge is 0.230 e. The number of anilines is 1. The lowest BCUT2D eigenvalue weighted by Crippen LogP contribution is -2.54. The van der Waals surface area contributed by atoms with E-state index in [2.05, 4.69) is 5.32 Å². The fourth-order valence-electron chi connectivity index (χ4n) is 4.39. The zero-order chi connectivity index (χ0) is 20.7. The molecule has 0 spiro atoms. The first kappa shape index (κ1) is 18.9. The third-order valence-corrected chi connectivity index (χ3v) is 6.20. The molecule has 0 bridgehead atoms. The van der Waals surface area contributed by atoms with Gasteiger partial charge in [0.1, 0.15) is 17.8 Å². The second-order valence-corrected chi connectivity index (χ2v) is 8.36. The molecule has 156 valence electrons. The third kappa shape index (κ3) is 3.50. The van der Waals surface area contributed by atoms with Gasteiger partial charge in [0.2, 0.25) is 5.91 Å². The summed E-state index contributed by atoms with van der Waals surface area (Å²) in [6.45, 7) is 1.53. The van der Waals surface area contributed by atoms with E-state index in [1.54, 1.807) is 0 Å². The largest absolute Gasteiger partial charge is 0.493 e. The van der Waals surface area contributed by atoms with Crippen LogP contribution in [0.2, 0.25) is 0 Å². The van der Waals surface area contributed by atoms with Crippen LogP contribution in [0.4, 0.5) is 5.69 Å². The minimum Gasteiger partial charge on any atom is -0.493 e. The second kappa shape index (κ2) is 7.65. The van der Waals surface area contributed by atoms with E-state index in [0.717, 1.165) is 42.1 Å². The molecule has 30 heavy (non-hydrogen) atoms. The molecule has 1 saturated heterocycles. The van der Waals surface area contributed by atoms with Crippen molar-refractivity contribution in [2.45, 2.75) is 31.5 Å². The molecular formula is C23H27N5O2. The lowest BCUT2D eigenvalue weighted by molar-refractivity contribution is -0.122. The number of ether oxygens (including phenoxy) is 1. The van der Waals surface area contributed by atoms with Gasteiger partial charge < -0.3 is 16.2 Å². The van der Waals surface area contributed by atoms with Crippen LogP contribution in [-0.4, -0.2) is 35.9 Å². The number of primary amides is 1. The van der Waals surface area contributed by atoms with E-state index in [9.17, 15) is 4.79 Å². The molecule has 5 N–H and O–H groups in total. The van der Waals surface area contributed by atoms with Gasteiger partial charge in [-0.2, -0.15) is 5.10 Å². The Morgan fingerprint density at radius 3 is 2.60 bits per heavy atom. The molecule has 2 fully saturated rings. The fraction of sp³-hybridized carbons (Fsp3) is 0.391. The number of nitrogens with two attached hydrogens (primary N) is 2. The number of hydrogen-bond donors (Lipinski definition) is 3. The Hall–Kier alpha value is -3.06. The average Bonchev–Trinajstić information content (AvgIpc) is 3.50. The topological polar surface area (TPSA) is 106 Å². The van der Waals surface area contributed by atoms with Gasteiger partial charge in [0.05, 0.1) is 18.4 Å². The Balaban J connectivity index is 1.45. The Bertz CT molecular complexity index is 970. The molecule has 3 unspecified atom stereocenters. The lowest BCUT2D eigenvalue weighted by atomic mass is 9.91. The summed E-state index contributed by atoms with van der Waals surface area (Å²) in [7, 11) is 0. The summed E-state index contributed by atoms with van der Waals surface area (Å²) in [5, 5.41) is 10.3. The van der Waals surface area contributed by atoms with E-state index in [1.807, 2.05) is 53.5 Å². The van der Waals surface area contributed by atoms with E-state index in [1.165, 1.54) is 12.8 Å². The van der Waals surface area contributed by atoms with Crippen molar-refractivity contribution in [1.29, 1.82) is 0 Å². The molecule has 5 rings (SSSR count). The van der Waals surface area contributed by atoms with Crippen molar-refractivity contribution in [3.05, 3.63) is 59.7 Å². The highest BCUT2D eigenvalue weighted by Gasteiger charge is 2.46. The summed E-state index contributed by atoms with van der Waals surface area (Å²) in [5.41, 5.74) is 15.4. The summed E-state index contributed by atoms with van der Waals surface area (Å²) in [6, 6.07) is 15.6. The highest BCUT2D eigenvalue weighted by atomic mass is 16.5. The van der Waals surface area contributed by atoms with Crippen molar-refractivity contribution in [2.75, 3.05) is 18.9 Å². The highest BCUT2D eigenvalue weighted by Crippen LogP contribution is 2.39. The molecule has 2 aromatic rings. The third-order valence-electron chi connectivity index (χ3n) is 6.20. The van der Waals surface area contributed by atoms with Crippen molar-refractivity contribution >= 4 is 17.3 Å². The molecule has 1 saturated carbocycles. The summed E-state index contributed by atoms with van der Waals surface area (Å²) in [4.78, 5) is 12.4. The molecule has 3 atom stereocenters. The number of nitrogens with one attached hydrogen (secondary N) is 1. The molecule has 2 heterocycles. The predicted molar refractivity (Wildman–Crippen MR) is 116 cm³/mol. The Kier molecular flexibility index (Phi) is 4.83. The predicted octanol–water partition coefficient (Wildman–Crippen LogP) is 2.24. The molecule has 1 aliphatic carbocycles. The van der Waals surface area contributed by atoms with Gasteiger partial charge in [-0.05, 0) is 73.2 Å².